The number of hydrogen-bond acceptors (Lipinski definition) is 7. The largest absolute Gasteiger partial charge is 0.756 e. The topological polar surface area (TPSA) is 114 Å². The molecule has 3 unspecified atom stereocenters. The van der Waals surface area contributed by atoms with Crippen LogP contribution in [0.3, 0.4) is 0 Å². The summed E-state index contributed by atoms with van der Waals surface area (Å²) in [7, 11) is 1.18. The number of unbranched alkanes of at least 4 members (excludes halogenated alkanes) is 38. The van der Waals surface area contributed by atoms with Crippen molar-refractivity contribution in [2.75, 3.05) is 40.9 Å². The van der Waals surface area contributed by atoms with E-state index in [1.165, 1.54) is 212 Å². The van der Waals surface area contributed by atoms with Crippen molar-refractivity contribution in [2.45, 2.75) is 341 Å². The highest BCUT2D eigenvalue weighted by atomic mass is 31.2. The first kappa shape index (κ1) is 80.5. The minimum absolute atomic E-state index is 0.0244. The monoisotopic (exact) mass is 1180 g/mol. The zero-order valence-corrected chi connectivity index (χ0v) is 56.3. The van der Waals surface area contributed by atoms with E-state index in [9.17, 15) is 19.0 Å². The molecule has 0 aromatic heterocycles. The average Bonchev–Trinajstić information content (AvgIpc) is 3.51. The van der Waals surface area contributed by atoms with Crippen molar-refractivity contribution in [1.82, 2.24) is 5.32 Å². The van der Waals surface area contributed by atoms with Crippen LogP contribution < -0.4 is 10.2 Å². The van der Waals surface area contributed by atoms with Crippen LogP contribution in [0.5, 0.6) is 0 Å². The van der Waals surface area contributed by atoms with E-state index >= 15 is 0 Å². The summed E-state index contributed by atoms with van der Waals surface area (Å²) in [6, 6.07) is -0.893. The van der Waals surface area contributed by atoms with Gasteiger partial charge in [0.2, 0.25) is 5.91 Å². The second-order valence-electron chi connectivity index (χ2n) is 25.0. The molecule has 0 aliphatic heterocycles. The molecule has 484 valence electrons. The molecular weight excluding hydrogens is 1050 g/mol. The predicted molar refractivity (Wildman–Crippen MR) is 358 cm³/mol. The van der Waals surface area contributed by atoms with Crippen molar-refractivity contribution in [3.8, 4) is 0 Å². The van der Waals surface area contributed by atoms with Crippen LogP contribution in [0.4, 0.5) is 0 Å². The van der Waals surface area contributed by atoms with Gasteiger partial charge in [0, 0.05) is 12.8 Å². The van der Waals surface area contributed by atoms with Crippen LogP contribution in [0.1, 0.15) is 329 Å². The van der Waals surface area contributed by atoms with Gasteiger partial charge in [-0.3, -0.25) is 14.2 Å². The fraction of sp³-hybridized carbons (Fsp3) is 0.808. The van der Waals surface area contributed by atoms with Crippen molar-refractivity contribution in [1.29, 1.82) is 0 Å². The molecule has 0 fully saturated rings. The summed E-state index contributed by atoms with van der Waals surface area (Å²) >= 11 is 0. The maximum Gasteiger partial charge on any atom is 0.306 e. The van der Waals surface area contributed by atoms with E-state index in [-0.39, 0.29) is 24.9 Å². The molecule has 3 atom stereocenters. The van der Waals surface area contributed by atoms with E-state index in [4.69, 9.17) is 13.8 Å². The van der Waals surface area contributed by atoms with Gasteiger partial charge in [0.05, 0.1) is 33.8 Å². The zero-order valence-electron chi connectivity index (χ0n) is 55.4. The first-order valence-electron chi connectivity index (χ1n) is 35.2. The third-order valence-corrected chi connectivity index (χ3v) is 16.6. The summed E-state index contributed by atoms with van der Waals surface area (Å²) in [5.41, 5.74) is 0. The van der Waals surface area contributed by atoms with E-state index < -0.39 is 26.6 Å². The van der Waals surface area contributed by atoms with Gasteiger partial charge in [-0.15, -0.1) is 0 Å². The number of phosphoric ester groups is 1. The third-order valence-electron chi connectivity index (χ3n) is 15.6. The summed E-state index contributed by atoms with van der Waals surface area (Å²) in [5, 5.41) is 3.04. The molecule has 0 rings (SSSR count). The summed E-state index contributed by atoms with van der Waals surface area (Å²) in [4.78, 5) is 40.1. The number of amides is 1. The Morgan fingerprint density at radius 3 is 1.13 bits per heavy atom. The summed E-state index contributed by atoms with van der Waals surface area (Å²) in [5.74, 6) is -0.539. The first-order valence-corrected chi connectivity index (χ1v) is 36.7. The molecule has 0 saturated carbocycles. The molecule has 0 saturated heterocycles. The molecule has 83 heavy (non-hydrogen) atoms. The molecule has 0 aliphatic carbocycles. The fourth-order valence-electron chi connectivity index (χ4n) is 10.1. The molecular formula is C73H135N2O7P. The SMILES string of the molecule is CCCCC/C=C\C/C=C\C/C=C\C/C=C\CCCCCCCCCCCCCC(=O)NC(COP(=O)([O-])OCC[N+](C)(C)C)C(/C=C\CCCCCCCCCCC)OC(=O)CCCCCCCCCCC/C=C/CCCCCCCC. The molecule has 1 N–H and O–H groups in total. The van der Waals surface area contributed by atoms with E-state index in [0.717, 1.165) is 83.5 Å². The van der Waals surface area contributed by atoms with Crippen LogP contribution in [-0.2, 0) is 27.9 Å². The molecule has 0 aromatic carbocycles. The van der Waals surface area contributed by atoms with Gasteiger partial charge < -0.3 is 28.5 Å². The van der Waals surface area contributed by atoms with E-state index in [2.05, 4.69) is 86.8 Å². The number of hydrogen-bond donors (Lipinski definition) is 1. The van der Waals surface area contributed by atoms with Gasteiger partial charge in [-0.25, -0.2) is 0 Å². The molecule has 0 aromatic rings. The Bertz CT molecular complexity index is 1650. The number of ether oxygens (including phenoxy) is 1. The van der Waals surface area contributed by atoms with Crippen LogP contribution in [-0.4, -0.2) is 69.4 Å². The molecule has 1 amide bonds. The molecule has 9 nitrogen and oxygen atoms in total. The molecule has 0 radical (unpaired) electrons. The smallest absolute Gasteiger partial charge is 0.306 e. The second kappa shape index (κ2) is 62.5. The Labute approximate surface area is 514 Å². The van der Waals surface area contributed by atoms with Crippen LogP contribution >= 0.6 is 7.82 Å². The third kappa shape index (κ3) is 63.8. The lowest BCUT2D eigenvalue weighted by atomic mass is 10.0. The van der Waals surface area contributed by atoms with Crippen LogP contribution in [0.15, 0.2) is 72.9 Å². The van der Waals surface area contributed by atoms with Crippen molar-refractivity contribution in [3.05, 3.63) is 72.9 Å². The lowest BCUT2D eigenvalue weighted by molar-refractivity contribution is -0.870. The minimum atomic E-state index is -4.70. The number of rotatable bonds is 64. The number of allylic oxidation sites excluding steroid dienone is 11. The number of carbonyl (C=O) groups is 2. The highest BCUT2D eigenvalue weighted by Crippen LogP contribution is 2.38. The second-order valence-corrected chi connectivity index (χ2v) is 26.4. The van der Waals surface area contributed by atoms with Crippen molar-refractivity contribution in [2.24, 2.45) is 0 Å². The Morgan fingerprint density at radius 2 is 0.735 bits per heavy atom. The number of nitrogens with zero attached hydrogens (tertiary/aromatic N) is 1. The van der Waals surface area contributed by atoms with Crippen LogP contribution in [0.2, 0.25) is 0 Å². The zero-order chi connectivity index (χ0) is 60.7. The quantitative estimate of drug-likeness (QED) is 0.0212. The first-order chi connectivity index (χ1) is 40.4. The van der Waals surface area contributed by atoms with Gasteiger partial charge >= 0.3 is 5.97 Å². The lowest BCUT2D eigenvalue weighted by Gasteiger charge is -2.30. The van der Waals surface area contributed by atoms with Crippen LogP contribution in [0, 0.1) is 0 Å². The van der Waals surface area contributed by atoms with Crippen LogP contribution in [0.25, 0.3) is 0 Å². The van der Waals surface area contributed by atoms with Gasteiger partial charge in [0.1, 0.15) is 19.3 Å². The molecule has 0 bridgehead atoms. The minimum Gasteiger partial charge on any atom is -0.756 e. The van der Waals surface area contributed by atoms with Crippen molar-refractivity contribution in [3.63, 3.8) is 0 Å². The Morgan fingerprint density at radius 1 is 0.422 bits per heavy atom. The van der Waals surface area contributed by atoms with E-state index in [1.807, 2.05) is 33.3 Å². The van der Waals surface area contributed by atoms with Crippen molar-refractivity contribution < 1.29 is 37.3 Å². The molecule has 0 heterocycles. The van der Waals surface area contributed by atoms with E-state index in [0.29, 0.717) is 17.4 Å². The Kier molecular flexibility index (Phi) is 60.6. The van der Waals surface area contributed by atoms with E-state index in [1.54, 1.807) is 0 Å². The average molecular weight is 1180 g/mol. The van der Waals surface area contributed by atoms with Crippen molar-refractivity contribution >= 4 is 19.7 Å². The van der Waals surface area contributed by atoms with Gasteiger partial charge in [-0.05, 0) is 102 Å². The summed E-state index contributed by atoms with van der Waals surface area (Å²) in [6.07, 6.45) is 81.6. The molecule has 10 heteroatoms. The number of likely N-dealkylation sites (N-methyl/N-ethyl adjacent to an activating group) is 1. The fourth-order valence-corrected chi connectivity index (χ4v) is 10.9. The number of esters is 1. The number of phosphoric acid groups is 1. The van der Waals surface area contributed by atoms with Gasteiger partial charge in [-0.1, -0.05) is 287 Å². The highest BCUT2D eigenvalue weighted by molar-refractivity contribution is 7.45. The van der Waals surface area contributed by atoms with Gasteiger partial charge in [0.15, 0.2) is 0 Å². The Hall–Kier alpha value is -2.55. The number of nitrogens with one attached hydrogen (secondary N) is 1. The maximum atomic E-state index is 13.6. The van der Waals surface area contributed by atoms with Gasteiger partial charge in [-0.2, -0.15) is 0 Å². The normalized spacial score (nSPS) is 14.0. The highest BCUT2D eigenvalue weighted by Gasteiger charge is 2.27. The van der Waals surface area contributed by atoms with Gasteiger partial charge in [0.25, 0.3) is 7.82 Å². The standard InChI is InChI=1S/C73H135N2O7P/c1-7-10-13-16-19-22-25-27-29-31-33-34-35-36-37-38-39-40-42-43-45-47-50-53-56-59-62-65-72(76)74-70(69-81-83(78,79)80-68-67-75(4,5)6)71(64-61-58-55-52-49-24-21-18-15-12-9-3)82-73(77)66-63-60-57-54-51-48-46-44-41-32-30-28-26-23-20-17-14-11-8-2/h19,22,27-30,33-34,36-37,61,64,70-71H,7-18,20-21,23-26,31-32,35,38-60,62-63,65-69H2,1-6H3,(H-,74,76,78,79)/b22-19-,29-27-,30-28+,34-33-,37-36-,64-61-. The Balaban J connectivity index is 5.02. The lowest BCUT2D eigenvalue weighted by Crippen LogP contribution is -2.47. The summed E-state index contributed by atoms with van der Waals surface area (Å²) < 4.78 is 30.4. The summed E-state index contributed by atoms with van der Waals surface area (Å²) in [6.45, 7) is 6.83. The molecule has 0 aliphatic rings. The number of quaternary nitrogens is 1. The molecule has 0 spiro atoms. The number of carbonyl (C=O) groups excluding carboxylic acids is 2. The maximum absolute atomic E-state index is 13.6. The predicted octanol–water partition coefficient (Wildman–Crippen LogP) is 21.7.